The predicted octanol–water partition coefficient (Wildman–Crippen LogP) is 0.822. The number of ether oxygens (including phenoxy) is 2. The van der Waals surface area contributed by atoms with Gasteiger partial charge in [0.2, 0.25) is 6.10 Å². The third kappa shape index (κ3) is 2.51. The molecule has 5 nitrogen and oxygen atoms in total. The Balaban J connectivity index is 1.63. The average Bonchev–Trinajstić information content (AvgIpc) is 2.84. The van der Waals surface area contributed by atoms with Gasteiger partial charge in [-0.3, -0.25) is 4.79 Å². The first-order chi connectivity index (χ1) is 9.24. The van der Waals surface area contributed by atoms with Gasteiger partial charge >= 0.3 is 0 Å². The molecule has 102 valence electrons. The van der Waals surface area contributed by atoms with E-state index in [1.165, 1.54) is 0 Å². The Morgan fingerprint density at radius 3 is 2.79 bits per heavy atom. The maximum atomic E-state index is 12.1. The summed E-state index contributed by atoms with van der Waals surface area (Å²) < 4.78 is 11.2. The van der Waals surface area contributed by atoms with Crippen molar-refractivity contribution in [3.05, 3.63) is 24.3 Å². The number of nitrogens with two attached hydrogens (primary N) is 1. The van der Waals surface area contributed by atoms with Crippen LogP contribution in [0, 0.1) is 0 Å². The zero-order valence-corrected chi connectivity index (χ0v) is 10.7. The maximum absolute atomic E-state index is 12.1. The van der Waals surface area contributed by atoms with E-state index in [9.17, 15) is 4.79 Å². The molecule has 3 atom stereocenters. The lowest BCUT2D eigenvalue weighted by Crippen LogP contribution is -2.51. The van der Waals surface area contributed by atoms with Gasteiger partial charge in [0.1, 0.15) is 6.61 Å². The molecular formula is C14H18N2O3. The molecule has 1 aliphatic carbocycles. The summed E-state index contributed by atoms with van der Waals surface area (Å²) in [5, 5.41) is 2.96. The van der Waals surface area contributed by atoms with Gasteiger partial charge in [0.25, 0.3) is 5.91 Å². The standard InChI is InChI=1S/C14H18N2O3/c15-9-4-3-5-10(9)16-14(17)13-8-18-11-6-1-2-7-12(11)19-13/h1-2,6-7,9-10,13H,3-5,8,15H2,(H,16,17). The molecule has 1 aromatic rings. The van der Waals surface area contributed by atoms with E-state index in [1.807, 2.05) is 18.2 Å². The molecule has 5 heteroatoms. The average molecular weight is 262 g/mol. The van der Waals surface area contributed by atoms with Gasteiger partial charge in [0.15, 0.2) is 11.5 Å². The highest BCUT2D eigenvalue weighted by atomic mass is 16.6. The second kappa shape index (κ2) is 5.09. The first-order valence-corrected chi connectivity index (χ1v) is 6.68. The van der Waals surface area contributed by atoms with Crippen molar-refractivity contribution in [2.75, 3.05) is 6.61 Å². The highest BCUT2D eigenvalue weighted by Gasteiger charge is 2.31. The third-order valence-corrected chi connectivity index (χ3v) is 3.70. The van der Waals surface area contributed by atoms with Crippen LogP contribution in [0.15, 0.2) is 24.3 Å². The van der Waals surface area contributed by atoms with Crippen LogP contribution in [-0.4, -0.2) is 30.7 Å². The monoisotopic (exact) mass is 262 g/mol. The molecule has 3 rings (SSSR count). The van der Waals surface area contributed by atoms with E-state index in [1.54, 1.807) is 6.07 Å². The summed E-state index contributed by atoms with van der Waals surface area (Å²) in [6.45, 7) is 0.241. The van der Waals surface area contributed by atoms with E-state index in [0.717, 1.165) is 19.3 Å². The van der Waals surface area contributed by atoms with E-state index in [0.29, 0.717) is 11.5 Å². The molecule has 0 spiro atoms. The van der Waals surface area contributed by atoms with E-state index in [2.05, 4.69) is 5.32 Å². The first-order valence-electron chi connectivity index (χ1n) is 6.68. The lowest BCUT2D eigenvalue weighted by atomic mass is 10.1. The van der Waals surface area contributed by atoms with Gasteiger partial charge in [0, 0.05) is 12.1 Å². The molecule has 0 bridgehead atoms. The number of benzene rings is 1. The number of amides is 1. The molecule has 0 aromatic heterocycles. The highest BCUT2D eigenvalue weighted by Crippen LogP contribution is 2.31. The Morgan fingerprint density at radius 1 is 1.26 bits per heavy atom. The van der Waals surface area contributed by atoms with E-state index < -0.39 is 6.10 Å². The fourth-order valence-corrected chi connectivity index (χ4v) is 2.59. The molecule has 19 heavy (non-hydrogen) atoms. The molecule has 1 saturated carbocycles. The van der Waals surface area contributed by atoms with Crippen LogP contribution in [0.2, 0.25) is 0 Å². The van der Waals surface area contributed by atoms with E-state index in [4.69, 9.17) is 15.2 Å². The van der Waals surface area contributed by atoms with E-state index in [-0.39, 0.29) is 24.6 Å². The molecule has 1 aromatic carbocycles. The second-order valence-electron chi connectivity index (χ2n) is 5.07. The Hall–Kier alpha value is -1.75. The van der Waals surface area contributed by atoms with Crippen molar-refractivity contribution < 1.29 is 14.3 Å². The number of hydrogen-bond acceptors (Lipinski definition) is 4. The van der Waals surface area contributed by atoms with Crippen molar-refractivity contribution >= 4 is 5.91 Å². The van der Waals surface area contributed by atoms with Crippen LogP contribution in [0.25, 0.3) is 0 Å². The van der Waals surface area contributed by atoms with Gasteiger partial charge in [-0.25, -0.2) is 0 Å². The Bertz CT molecular complexity index is 478. The summed E-state index contributed by atoms with van der Waals surface area (Å²) in [6, 6.07) is 7.48. The summed E-state index contributed by atoms with van der Waals surface area (Å²) >= 11 is 0. The number of carbonyl (C=O) groups excluding carboxylic acids is 1. The van der Waals surface area contributed by atoms with Gasteiger partial charge in [-0.15, -0.1) is 0 Å². The maximum Gasteiger partial charge on any atom is 0.264 e. The first kappa shape index (κ1) is 12.3. The Labute approximate surface area is 112 Å². The quantitative estimate of drug-likeness (QED) is 0.827. The predicted molar refractivity (Wildman–Crippen MR) is 70.1 cm³/mol. The summed E-state index contributed by atoms with van der Waals surface area (Å²) in [7, 11) is 0. The summed E-state index contributed by atoms with van der Waals surface area (Å²) in [4.78, 5) is 12.1. The summed E-state index contributed by atoms with van der Waals surface area (Å²) in [5.74, 6) is 1.16. The minimum atomic E-state index is -0.595. The summed E-state index contributed by atoms with van der Waals surface area (Å²) in [6.07, 6.45) is 2.38. The van der Waals surface area contributed by atoms with Crippen LogP contribution in [0.5, 0.6) is 11.5 Å². The van der Waals surface area contributed by atoms with Gasteiger partial charge in [-0.2, -0.15) is 0 Å². The molecule has 1 aliphatic heterocycles. The van der Waals surface area contributed by atoms with Gasteiger partial charge < -0.3 is 20.5 Å². The minimum absolute atomic E-state index is 0.0562. The van der Waals surface area contributed by atoms with Crippen LogP contribution in [-0.2, 0) is 4.79 Å². The Morgan fingerprint density at radius 2 is 2.05 bits per heavy atom. The summed E-state index contributed by atoms with van der Waals surface area (Å²) in [5.41, 5.74) is 5.95. The van der Waals surface area contributed by atoms with Gasteiger partial charge in [-0.05, 0) is 31.4 Å². The number of para-hydroxylation sites is 2. The highest BCUT2D eigenvalue weighted by molar-refractivity contribution is 5.82. The van der Waals surface area contributed by atoms with Crippen molar-refractivity contribution in [1.82, 2.24) is 5.32 Å². The number of fused-ring (bicyclic) bond motifs is 1. The van der Waals surface area contributed by atoms with Gasteiger partial charge in [-0.1, -0.05) is 12.1 Å². The van der Waals surface area contributed by atoms with Crippen LogP contribution < -0.4 is 20.5 Å². The van der Waals surface area contributed by atoms with Crippen molar-refractivity contribution in [3.63, 3.8) is 0 Å². The molecule has 0 radical (unpaired) electrons. The molecule has 3 N–H and O–H groups in total. The van der Waals surface area contributed by atoms with Crippen LogP contribution in [0.3, 0.4) is 0 Å². The number of hydrogen-bond donors (Lipinski definition) is 2. The van der Waals surface area contributed by atoms with Crippen molar-refractivity contribution in [2.24, 2.45) is 5.73 Å². The van der Waals surface area contributed by atoms with Crippen LogP contribution in [0.1, 0.15) is 19.3 Å². The molecular weight excluding hydrogens is 244 g/mol. The van der Waals surface area contributed by atoms with Crippen molar-refractivity contribution in [1.29, 1.82) is 0 Å². The molecule has 1 amide bonds. The minimum Gasteiger partial charge on any atom is -0.485 e. The second-order valence-corrected chi connectivity index (χ2v) is 5.07. The SMILES string of the molecule is NC1CCCC1NC(=O)C1COc2ccccc2O1. The number of carbonyl (C=O) groups is 1. The zero-order chi connectivity index (χ0) is 13.2. The van der Waals surface area contributed by atoms with E-state index >= 15 is 0 Å². The molecule has 0 saturated heterocycles. The third-order valence-electron chi connectivity index (χ3n) is 3.70. The van der Waals surface area contributed by atoms with Gasteiger partial charge in [0.05, 0.1) is 0 Å². The number of nitrogens with one attached hydrogen (secondary N) is 1. The van der Waals surface area contributed by atoms with Crippen LogP contribution >= 0.6 is 0 Å². The largest absolute Gasteiger partial charge is 0.485 e. The topological polar surface area (TPSA) is 73.6 Å². The fourth-order valence-electron chi connectivity index (χ4n) is 2.59. The molecule has 1 heterocycles. The number of rotatable bonds is 2. The molecule has 2 aliphatic rings. The lowest BCUT2D eigenvalue weighted by molar-refractivity contribution is -0.131. The lowest BCUT2D eigenvalue weighted by Gasteiger charge is -2.27. The fraction of sp³-hybridized carbons (Fsp3) is 0.500. The van der Waals surface area contributed by atoms with Crippen LogP contribution in [0.4, 0.5) is 0 Å². The zero-order valence-electron chi connectivity index (χ0n) is 10.7. The normalized spacial score (nSPS) is 29.0. The molecule has 1 fully saturated rings. The smallest absolute Gasteiger partial charge is 0.264 e. The Kier molecular flexibility index (Phi) is 3.29. The van der Waals surface area contributed by atoms with Crippen molar-refractivity contribution in [3.8, 4) is 11.5 Å². The molecule has 3 unspecified atom stereocenters. The van der Waals surface area contributed by atoms with Crippen molar-refractivity contribution in [2.45, 2.75) is 37.5 Å².